The number of H-pyrrole nitrogens is 1. The van der Waals surface area contributed by atoms with Crippen LogP contribution in [-0.4, -0.2) is 97.7 Å². The first-order valence-corrected chi connectivity index (χ1v) is 18.6. The number of piperazine rings is 1. The van der Waals surface area contributed by atoms with Crippen LogP contribution in [0.4, 0.5) is 10.1 Å². The molecule has 5 heterocycles. The Balaban J connectivity index is 0.00000261. The summed E-state index contributed by atoms with van der Waals surface area (Å²) in [6.07, 6.45) is 3.68. The number of halogens is 1. The van der Waals surface area contributed by atoms with Gasteiger partial charge >= 0.3 is 5.69 Å². The van der Waals surface area contributed by atoms with Crippen LogP contribution in [0.1, 0.15) is 65.4 Å². The predicted octanol–water partition coefficient (Wildman–Crippen LogP) is 5.72. The number of aromatic amines is 1. The van der Waals surface area contributed by atoms with Gasteiger partial charge < -0.3 is 14.7 Å². The number of para-hydroxylation sites is 1. The molecule has 0 aliphatic carbocycles. The molecule has 0 bridgehead atoms. The molecule has 0 saturated carbocycles. The second-order valence-corrected chi connectivity index (χ2v) is 15.8. The third kappa shape index (κ3) is 6.92. The highest BCUT2D eigenvalue weighted by Crippen LogP contribution is 2.48. The third-order valence-corrected chi connectivity index (χ3v) is 11.9. The highest BCUT2D eigenvalue weighted by Gasteiger charge is 2.44. The van der Waals surface area contributed by atoms with Crippen molar-refractivity contribution in [3.63, 3.8) is 0 Å². The monoisotopic (exact) mass is 703 g/mol. The molecule has 0 radical (unpaired) electrons. The minimum absolute atomic E-state index is 0. The van der Waals surface area contributed by atoms with Gasteiger partial charge in [-0.1, -0.05) is 42.5 Å². The Morgan fingerprint density at radius 2 is 1.70 bits per heavy atom. The first-order chi connectivity index (χ1) is 24.1. The average Bonchev–Trinajstić information content (AvgIpc) is 3.62. The zero-order chi connectivity index (χ0) is 35.0. The molecule has 3 saturated heterocycles. The molecule has 1 N–H and O–H groups in total. The topological polar surface area (TPSA) is 97.8 Å². The number of hydrogen-bond acceptors (Lipinski definition) is 7. The molecule has 268 valence electrons. The van der Waals surface area contributed by atoms with Crippen molar-refractivity contribution in [2.45, 2.75) is 68.7 Å². The molecule has 12 heteroatoms. The summed E-state index contributed by atoms with van der Waals surface area (Å²) in [6, 6.07) is 18.9. The highest BCUT2D eigenvalue weighted by molar-refractivity contribution is 8.01. The smallest absolute Gasteiger partial charge is 0.327 e. The Morgan fingerprint density at radius 1 is 0.960 bits per heavy atom. The summed E-state index contributed by atoms with van der Waals surface area (Å²) in [4.78, 5) is 56.1. The number of rotatable bonds is 8. The van der Waals surface area contributed by atoms with E-state index in [9.17, 15) is 14.4 Å². The van der Waals surface area contributed by atoms with Gasteiger partial charge in [-0.25, -0.2) is 14.2 Å². The van der Waals surface area contributed by atoms with E-state index in [1.165, 1.54) is 17.8 Å². The van der Waals surface area contributed by atoms with Gasteiger partial charge in [-0.05, 0) is 63.8 Å². The summed E-state index contributed by atoms with van der Waals surface area (Å²) in [6.45, 7) is 11.1. The fraction of sp³-hybridized carbons (Fsp3) is 0.474. The van der Waals surface area contributed by atoms with Crippen molar-refractivity contribution in [3.05, 3.63) is 94.3 Å². The van der Waals surface area contributed by atoms with E-state index in [-0.39, 0.29) is 44.2 Å². The lowest BCUT2D eigenvalue weighted by Crippen LogP contribution is -2.53. The average molecular weight is 704 g/mol. The summed E-state index contributed by atoms with van der Waals surface area (Å²) in [5.74, 6) is -0.427. The van der Waals surface area contributed by atoms with Crippen LogP contribution >= 0.6 is 11.8 Å². The molecule has 4 aromatic rings. The van der Waals surface area contributed by atoms with E-state index in [4.69, 9.17) is 0 Å². The number of thioether (sulfide) groups is 1. The van der Waals surface area contributed by atoms with Gasteiger partial charge in [0.1, 0.15) is 11.2 Å². The maximum absolute atomic E-state index is 15.8. The van der Waals surface area contributed by atoms with Crippen LogP contribution in [0.2, 0.25) is 0 Å². The van der Waals surface area contributed by atoms with Crippen LogP contribution in [0.5, 0.6) is 0 Å². The third-order valence-electron chi connectivity index (χ3n) is 10.5. The molecule has 2 aromatic carbocycles. The summed E-state index contributed by atoms with van der Waals surface area (Å²) in [5, 5.41) is -0.986. The van der Waals surface area contributed by atoms with Crippen LogP contribution in [0.15, 0.2) is 71.7 Å². The molecule has 3 fully saturated rings. The molecule has 10 nitrogen and oxygen atoms in total. The Hall–Kier alpha value is -4.16. The van der Waals surface area contributed by atoms with E-state index in [1.807, 2.05) is 46.2 Å². The van der Waals surface area contributed by atoms with Crippen LogP contribution < -0.4 is 10.6 Å². The maximum Gasteiger partial charge on any atom is 0.327 e. The molecule has 2 atom stereocenters. The van der Waals surface area contributed by atoms with E-state index in [0.717, 1.165) is 29.7 Å². The van der Waals surface area contributed by atoms with Crippen molar-refractivity contribution >= 4 is 40.4 Å². The van der Waals surface area contributed by atoms with Crippen molar-refractivity contribution < 1.29 is 16.8 Å². The maximum atomic E-state index is 15.8. The number of carbonyl (C=O) groups is 2. The largest absolute Gasteiger partial charge is 0.366 e. The first-order valence-electron chi connectivity index (χ1n) is 17.7. The van der Waals surface area contributed by atoms with Gasteiger partial charge in [0.05, 0.1) is 16.5 Å². The van der Waals surface area contributed by atoms with Crippen LogP contribution in [-0.2, 0) is 16.0 Å². The number of fused-ring (bicyclic) bond motifs is 1. The number of likely N-dealkylation sites (tertiary alicyclic amines) is 1. The molecule has 3 aliphatic rings. The number of hydrogen-bond donors (Lipinski definition) is 1. The highest BCUT2D eigenvalue weighted by atomic mass is 32.2. The molecule has 50 heavy (non-hydrogen) atoms. The summed E-state index contributed by atoms with van der Waals surface area (Å²) >= 11 is 1.47. The molecule has 2 aromatic heterocycles. The standard InChI is InChI=1S/C38H46FN7O3S.2H2/c1-38(2,3)44-23-21-43(22-24-44)33-28(11-7-12-29(33)39)36-45(20-14-26-9-5-4-6-10-26)35(48)31(50-36)25-32(47)42-18-15-27(16-19-42)46-30-13-8-17-40-34(30)41-37(46)49;;/h4-13,17,27,31,36H,14-16,18-25H2,1-3H3,(H,40,41,49);2*1H/t31-,36?;;/m0../s1. The van der Waals surface area contributed by atoms with E-state index < -0.39 is 10.6 Å². The lowest BCUT2D eigenvalue weighted by Gasteiger charge is -2.43. The first kappa shape index (κ1) is 34.3. The number of benzene rings is 2. The summed E-state index contributed by atoms with van der Waals surface area (Å²) < 4.78 is 17.6. The minimum atomic E-state index is -0.572. The fourth-order valence-electron chi connectivity index (χ4n) is 7.73. The van der Waals surface area contributed by atoms with Crippen LogP contribution in [0.3, 0.4) is 0 Å². The van der Waals surface area contributed by atoms with E-state index in [1.54, 1.807) is 16.8 Å². The van der Waals surface area contributed by atoms with Gasteiger partial charge in [-0.15, -0.1) is 11.8 Å². The van der Waals surface area contributed by atoms with Gasteiger partial charge in [0, 0.05) is 78.4 Å². The Morgan fingerprint density at radius 3 is 2.42 bits per heavy atom. The normalized spacial score (nSPS) is 21.0. The second kappa shape index (κ2) is 14.2. The molecule has 0 spiro atoms. The van der Waals surface area contributed by atoms with Crippen molar-refractivity contribution in [1.82, 2.24) is 29.2 Å². The van der Waals surface area contributed by atoms with E-state index >= 15 is 4.39 Å². The molecule has 3 aliphatic heterocycles. The number of carbonyl (C=O) groups excluding carboxylic acids is 2. The molecule has 7 rings (SSSR count). The fourth-order valence-corrected chi connectivity index (χ4v) is 9.23. The number of aromatic nitrogens is 3. The van der Waals surface area contributed by atoms with Gasteiger partial charge in [0.25, 0.3) is 0 Å². The number of imidazole rings is 1. The predicted molar refractivity (Wildman–Crippen MR) is 200 cm³/mol. The van der Waals surface area contributed by atoms with Gasteiger partial charge in [-0.2, -0.15) is 0 Å². The molecule has 2 amide bonds. The second-order valence-electron chi connectivity index (χ2n) is 14.6. The number of amides is 2. The Labute approximate surface area is 299 Å². The van der Waals surface area contributed by atoms with E-state index in [0.29, 0.717) is 63.3 Å². The number of nitrogens with zero attached hydrogens (tertiary/aromatic N) is 6. The van der Waals surface area contributed by atoms with Crippen molar-refractivity contribution in [2.75, 3.05) is 50.7 Å². The van der Waals surface area contributed by atoms with Gasteiger partial charge in [0.2, 0.25) is 11.8 Å². The van der Waals surface area contributed by atoms with Crippen LogP contribution in [0.25, 0.3) is 11.2 Å². The van der Waals surface area contributed by atoms with Crippen LogP contribution in [0, 0.1) is 5.82 Å². The SMILES string of the molecule is CC(C)(C)N1CCN(c2c(F)cccc2C2S[C@@H](CC(=O)N3CCC(n4c(=O)[nH]c5ncccc54)CC3)C(=O)N2CCc2ccccc2)CC1.[HH].[HH]. The number of pyridine rings is 1. The molecular formula is C38H50FN7O3S. The lowest BCUT2D eigenvalue weighted by molar-refractivity contribution is -0.136. The lowest BCUT2D eigenvalue weighted by atomic mass is 10.0. The summed E-state index contributed by atoms with van der Waals surface area (Å²) in [7, 11) is 0. The number of nitrogens with one attached hydrogen (secondary N) is 1. The van der Waals surface area contributed by atoms with Gasteiger partial charge in [-0.3, -0.25) is 24.0 Å². The summed E-state index contributed by atoms with van der Waals surface area (Å²) in [5.41, 5.74) is 3.65. The number of piperidine rings is 1. The Kier molecular flexibility index (Phi) is 9.76. The zero-order valence-corrected chi connectivity index (χ0v) is 29.9. The quantitative estimate of drug-likeness (QED) is 0.251. The minimum Gasteiger partial charge on any atom is -0.366 e. The Bertz CT molecular complexity index is 1900. The van der Waals surface area contributed by atoms with E-state index in [2.05, 4.69) is 52.7 Å². The molecular weight excluding hydrogens is 654 g/mol. The van der Waals surface area contributed by atoms with Crippen molar-refractivity contribution in [1.29, 1.82) is 0 Å². The van der Waals surface area contributed by atoms with Crippen molar-refractivity contribution in [2.24, 2.45) is 0 Å². The number of anilines is 1. The van der Waals surface area contributed by atoms with Gasteiger partial charge in [0.15, 0.2) is 5.65 Å². The van der Waals surface area contributed by atoms with Crippen molar-refractivity contribution in [3.8, 4) is 0 Å². The zero-order valence-electron chi connectivity index (χ0n) is 29.1. The molecule has 1 unspecified atom stereocenters.